The van der Waals surface area contributed by atoms with Gasteiger partial charge in [0.25, 0.3) is 5.82 Å². The van der Waals surface area contributed by atoms with E-state index in [0.717, 1.165) is 23.4 Å². The van der Waals surface area contributed by atoms with E-state index in [2.05, 4.69) is 10.1 Å². The molecular weight excluding hydrogens is 404 g/mol. The van der Waals surface area contributed by atoms with Crippen LogP contribution in [0.5, 0.6) is 5.75 Å². The fourth-order valence-electron chi connectivity index (χ4n) is 3.69. The van der Waals surface area contributed by atoms with Crippen molar-refractivity contribution in [2.75, 3.05) is 11.4 Å². The van der Waals surface area contributed by atoms with Crippen molar-refractivity contribution in [1.82, 2.24) is 14.8 Å². The summed E-state index contributed by atoms with van der Waals surface area (Å²) >= 11 is 0. The van der Waals surface area contributed by atoms with Crippen molar-refractivity contribution < 1.29 is 14.3 Å². The number of para-hydroxylation sites is 1. The Morgan fingerprint density at radius 3 is 2.19 bits per heavy atom. The van der Waals surface area contributed by atoms with E-state index in [0.29, 0.717) is 24.5 Å². The molecule has 7 nitrogen and oxygen atoms in total. The second kappa shape index (κ2) is 8.47. The van der Waals surface area contributed by atoms with Gasteiger partial charge in [0.05, 0.1) is 5.69 Å². The molecule has 1 amide bonds. The fourth-order valence-corrected chi connectivity index (χ4v) is 3.69. The van der Waals surface area contributed by atoms with Crippen molar-refractivity contribution in [3.8, 4) is 22.8 Å². The summed E-state index contributed by atoms with van der Waals surface area (Å²) in [5.41, 5.74) is 2.42. The maximum atomic E-state index is 12.8. The van der Waals surface area contributed by atoms with Gasteiger partial charge in [0.2, 0.25) is 5.91 Å². The minimum absolute atomic E-state index is 0.0356. The molecule has 1 aliphatic rings. The first-order chi connectivity index (χ1) is 15.7. The Balaban J connectivity index is 1.41. The minimum atomic E-state index is -0.651. The van der Waals surface area contributed by atoms with E-state index >= 15 is 0 Å². The Labute approximate surface area is 184 Å². The van der Waals surface area contributed by atoms with Crippen LogP contribution in [-0.4, -0.2) is 33.2 Å². The van der Waals surface area contributed by atoms with E-state index < -0.39 is 5.97 Å². The molecule has 0 atom stereocenters. The van der Waals surface area contributed by atoms with Crippen molar-refractivity contribution >= 4 is 17.6 Å². The predicted octanol–water partition coefficient (Wildman–Crippen LogP) is 4.28. The predicted molar refractivity (Wildman–Crippen MR) is 120 cm³/mol. The van der Waals surface area contributed by atoms with Gasteiger partial charge in [-0.05, 0) is 42.8 Å². The summed E-state index contributed by atoms with van der Waals surface area (Å²) in [6.45, 7) is 0.709. The average molecular weight is 424 g/mol. The van der Waals surface area contributed by atoms with Crippen molar-refractivity contribution in [2.24, 2.45) is 0 Å². The second-order valence-corrected chi connectivity index (χ2v) is 7.40. The molecule has 32 heavy (non-hydrogen) atoms. The molecule has 0 saturated carbocycles. The minimum Gasteiger partial charge on any atom is -0.421 e. The van der Waals surface area contributed by atoms with Crippen molar-refractivity contribution in [2.45, 2.75) is 12.8 Å². The van der Waals surface area contributed by atoms with Gasteiger partial charge in [-0.2, -0.15) is 0 Å². The van der Waals surface area contributed by atoms with Gasteiger partial charge in [-0.15, -0.1) is 5.10 Å². The molecule has 3 aromatic carbocycles. The third-order valence-corrected chi connectivity index (χ3v) is 5.25. The molecule has 158 valence electrons. The Hall–Kier alpha value is -4.26. The lowest BCUT2D eigenvalue weighted by molar-refractivity contribution is -0.117. The van der Waals surface area contributed by atoms with Gasteiger partial charge in [0.15, 0.2) is 5.82 Å². The molecule has 2 heterocycles. The van der Waals surface area contributed by atoms with Crippen LogP contribution < -0.4 is 9.64 Å². The zero-order valence-corrected chi connectivity index (χ0v) is 17.2. The zero-order valence-electron chi connectivity index (χ0n) is 17.2. The molecule has 5 rings (SSSR count). The number of hydrogen-bond acceptors (Lipinski definition) is 5. The topological polar surface area (TPSA) is 77.3 Å². The summed E-state index contributed by atoms with van der Waals surface area (Å²) in [5, 5.41) is 4.42. The molecule has 0 spiro atoms. The van der Waals surface area contributed by atoms with E-state index in [4.69, 9.17) is 4.74 Å². The van der Waals surface area contributed by atoms with Gasteiger partial charge in [-0.1, -0.05) is 48.5 Å². The number of anilines is 1. The maximum Gasteiger partial charge on any atom is 0.383 e. The number of carbonyl (C=O) groups excluding carboxylic acids is 2. The molecule has 1 saturated heterocycles. The molecular formula is C25H20N4O3. The molecule has 0 N–H and O–H groups in total. The summed E-state index contributed by atoms with van der Waals surface area (Å²) in [4.78, 5) is 30.9. The van der Waals surface area contributed by atoms with Gasteiger partial charge < -0.3 is 9.64 Å². The highest BCUT2D eigenvalue weighted by Gasteiger charge is 2.23. The van der Waals surface area contributed by atoms with Crippen LogP contribution in [-0.2, 0) is 4.79 Å². The van der Waals surface area contributed by atoms with E-state index in [9.17, 15) is 9.59 Å². The molecule has 0 aliphatic carbocycles. The summed E-state index contributed by atoms with van der Waals surface area (Å²) in [6.07, 6.45) is 1.42. The third kappa shape index (κ3) is 3.88. The van der Waals surface area contributed by atoms with Crippen LogP contribution in [0.2, 0.25) is 0 Å². The molecule has 1 fully saturated rings. The summed E-state index contributed by atoms with van der Waals surface area (Å²) < 4.78 is 7.14. The van der Waals surface area contributed by atoms with Crippen molar-refractivity contribution in [1.29, 1.82) is 0 Å². The molecule has 1 aliphatic heterocycles. The van der Waals surface area contributed by atoms with Crippen molar-refractivity contribution in [3.05, 3.63) is 90.8 Å². The Bertz CT molecular complexity index is 1190. The second-order valence-electron chi connectivity index (χ2n) is 7.40. The molecule has 7 heteroatoms. The monoisotopic (exact) mass is 424 g/mol. The van der Waals surface area contributed by atoms with Crippen LogP contribution in [0.1, 0.15) is 23.5 Å². The number of esters is 1. The molecule has 0 radical (unpaired) electrons. The number of amides is 1. The average Bonchev–Trinajstić information content (AvgIpc) is 3.48. The molecule has 0 bridgehead atoms. The van der Waals surface area contributed by atoms with Crippen LogP contribution in [0.15, 0.2) is 84.9 Å². The smallest absolute Gasteiger partial charge is 0.383 e. The lowest BCUT2D eigenvalue weighted by Gasteiger charge is -2.15. The number of hydrogen-bond donors (Lipinski definition) is 0. The number of aromatic nitrogens is 3. The highest BCUT2D eigenvalue weighted by atomic mass is 16.5. The quantitative estimate of drug-likeness (QED) is 0.353. The number of carbonyl (C=O) groups is 2. The largest absolute Gasteiger partial charge is 0.421 e. The third-order valence-electron chi connectivity index (χ3n) is 5.25. The normalized spacial score (nSPS) is 13.4. The SMILES string of the molecule is O=C(Oc1ccc(N2CCCC2=O)cc1)c1nc(-c2ccccc2)n(-c2ccccc2)n1. The number of nitrogens with zero attached hydrogens (tertiary/aromatic N) is 4. The summed E-state index contributed by atoms with van der Waals surface area (Å²) in [6, 6.07) is 26.0. The van der Waals surface area contributed by atoms with Crippen LogP contribution >= 0.6 is 0 Å². The molecule has 4 aromatic rings. The number of benzene rings is 3. The lowest BCUT2D eigenvalue weighted by atomic mass is 10.2. The van der Waals surface area contributed by atoms with Gasteiger partial charge in [0.1, 0.15) is 5.75 Å². The highest BCUT2D eigenvalue weighted by molar-refractivity contribution is 5.95. The zero-order chi connectivity index (χ0) is 21.9. The van der Waals surface area contributed by atoms with Gasteiger partial charge >= 0.3 is 5.97 Å². The summed E-state index contributed by atoms with van der Waals surface area (Å²) in [7, 11) is 0. The molecule has 0 unspecified atom stereocenters. The Kier molecular flexibility index (Phi) is 5.21. The van der Waals surface area contributed by atoms with Crippen LogP contribution in [0.4, 0.5) is 5.69 Å². The molecule has 1 aromatic heterocycles. The van der Waals surface area contributed by atoms with Crippen LogP contribution in [0.3, 0.4) is 0 Å². The number of ether oxygens (including phenoxy) is 1. The first-order valence-electron chi connectivity index (χ1n) is 10.4. The first-order valence-corrected chi connectivity index (χ1v) is 10.4. The first kappa shape index (κ1) is 19.7. The highest BCUT2D eigenvalue weighted by Crippen LogP contribution is 2.25. The fraction of sp³-hybridized carbons (Fsp3) is 0.120. The van der Waals surface area contributed by atoms with E-state index in [1.165, 1.54) is 0 Å². The van der Waals surface area contributed by atoms with E-state index in [1.54, 1.807) is 33.8 Å². The van der Waals surface area contributed by atoms with Crippen LogP contribution in [0.25, 0.3) is 17.1 Å². The van der Waals surface area contributed by atoms with Crippen LogP contribution in [0, 0.1) is 0 Å². The maximum absolute atomic E-state index is 12.8. The summed E-state index contributed by atoms with van der Waals surface area (Å²) in [5.74, 6) is 0.335. The van der Waals surface area contributed by atoms with E-state index in [-0.39, 0.29) is 11.7 Å². The van der Waals surface area contributed by atoms with Gasteiger partial charge in [-0.3, -0.25) is 4.79 Å². The van der Waals surface area contributed by atoms with Gasteiger partial charge in [-0.25, -0.2) is 14.5 Å². The Morgan fingerprint density at radius 2 is 1.53 bits per heavy atom. The Morgan fingerprint density at radius 1 is 0.844 bits per heavy atom. The van der Waals surface area contributed by atoms with Gasteiger partial charge in [0, 0.05) is 24.2 Å². The van der Waals surface area contributed by atoms with Crippen molar-refractivity contribution in [3.63, 3.8) is 0 Å². The number of rotatable bonds is 5. The standard InChI is InChI=1S/C25H20N4O3/c30-22-12-7-17-28(22)19-13-15-21(16-14-19)32-25(31)23-26-24(18-8-3-1-4-9-18)29(27-23)20-10-5-2-6-11-20/h1-6,8-11,13-16H,7,12,17H2. The lowest BCUT2D eigenvalue weighted by Crippen LogP contribution is -2.23. The van der Waals surface area contributed by atoms with E-state index in [1.807, 2.05) is 60.7 Å².